The van der Waals surface area contributed by atoms with E-state index in [1.165, 1.54) is 28.8 Å². The Kier molecular flexibility index (Phi) is 5.55. The second-order valence-corrected chi connectivity index (χ2v) is 10.1. The highest BCUT2D eigenvalue weighted by atomic mass is 32.2. The van der Waals surface area contributed by atoms with Crippen LogP contribution in [-0.4, -0.2) is 42.6 Å². The summed E-state index contributed by atoms with van der Waals surface area (Å²) < 4.78 is 15.1. The van der Waals surface area contributed by atoms with Gasteiger partial charge in [-0.2, -0.15) is 0 Å². The van der Waals surface area contributed by atoms with Crippen molar-refractivity contribution in [2.75, 3.05) is 7.05 Å². The zero-order chi connectivity index (χ0) is 23.3. The summed E-state index contributed by atoms with van der Waals surface area (Å²) in [6, 6.07) is 6.17. The molecule has 0 aliphatic heterocycles. The summed E-state index contributed by atoms with van der Waals surface area (Å²) >= 11 is 1.19. The van der Waals surface area contributed by atoms with E-state index < -0.39 is 16.5 Å². The fourth-order valence-corrected chi connectivity index (χ4v) is 4.99. The Hall–Kier alpha value is -3.01. The fraction of sp³-hybridized carbons (Fsp3) is 0.435. The van der Waals surface area contributed by atoms with E-state index in [4.69, 9.17) is 0 Å². The van der Waals surface area contributed by atoms with Crippen molar-refractivity contribution in [3.05, 3.63) is 62.3 Å². The number of halogens is 1. The number of carbonyl (C=O) groups excluding carboxylic acids is 1. The second-order valence-electron chi connectivity index (χ2n) is 8.80. The molecule has 2 fully saturated rings. The third kappa shape index (κ3) is 4.44. The van der Waals surface area contributed by atoms with Gasteiger partial charge in [-0.15, -0.1) is 0 Å². The summed E-state index contributed by atoms with van der Waals surface area (Å²) in [6.07, 6.45) is 3.67. The normalized spacial score (nSPS) is 16.7. The van der Waals surface area contributed by atoms with Gasteiger partial charge in [-0.1, -0.05) is 23.9 Å². The lowest BCUT2D eigenvalue weighted by Crippen LogP contribution is -2.33. The van der Waals surface area contributed by atoms with Crippen molar-refractivity contribution in [2.45, 2.75) is 61.4 Å². The van der Waals surface area contributed by atoms with E-state index in [-0.39, 0.29) is 35.6 Å². The minimum atomic E-state index is -0.547. The minimum Gasteiger partial charge on any atom is -0.340 e. The van der Waals surface area contributed by atoms with Crippen molar-refractivity contribution in [2.24, 2.45) is 0 Å². The number of hydrogen-bond donors (Lipinski definition) is 1. The van der Waals surface area contributed by atoms with Gasteiger partial charge in [0.25, 0.3) is 5.56 Å². The highest BCUT2D eigenvalue weighted by molar-refractivity contribution is 8.00. The van der Waals surface area contributed by atoms with E-state index in [1.807, 2.05) is 0 Å². The second kappa shape index (κ2) is 8.40. The lowest BCUT2D eigenvalue weighted by Gasteiger charge is -2.21. The quantitative estimate of drug-likeness (QED) is 0.422. The molecule has 172 valence electrons. The van der Waals surface area contributed by atoms with Gasteiger partial charge in [0, 0.05) is 25.6 Å². The molecule has 0 saturated heterocycles. The summed E-state index contributed by atoms with van der Waals surface area (Å²) in [6.45, 7) is 2.02. The molecule has 8 nitrogen and oxygen atoms in total. The lowest BCUT2D eigenvalue weighted by molar-refractivity contribution is -0.129. The van der Waals surface area contributed by atoms with Gasteiger partial charge in [0.1, 0.15) is 22.1 Å². The van der Waals surface area contributed by atoms with Gasteiger partial charge in [-0.25, -0.2) is 19.2 Å². The molecule has 2 aromatic heterocycles. The van der Waals surface area contributed by atoms with Gasteiger partial charge in [-0.3, -0.25) is 19.1 Å². The Balaban J connectivity index is 1.47. The van der Waals surface area contributed by atoms with Gasteiger partial charge in [0.2, 0.25) is 5.91 Å². The van der Waals surface area contributed by atoms with Crippen molar-refractivity contribution < 1.29 is 9.18 Å². The van der Waals surface area contributed by atoms with E-state index in [1.54, 1.807) is 30.7 Å². The van der Waals surface area contributed by atoms with Gasteiger partial charge >= 0.3 is 5.69 Å². The highest BCUT2D eigenvalue weighted by Gasteiger charge is 2.33. The van der Waals surface area contributed by atoms with Gasteiger partial charge < -0.3 is 4.90 Å². The number of hydrogen-bond acceptors (Lipinski definition) is 6. The van der Waals surface area contributed by atoms with E-state index in [9.17, 15) is 18.8 Å². The van der Waals surface area contributed by atoms with Crippen molar-refractivity contribution in [1.29, 1.82) is 0 Å². The van der Waals surface area contributed by atoms with Crippen LogP contribution >= 0.6 is 11.8 Å². The molecule has 33 heavy (non-hydrogen) atoms. The molecule has 1 aromatic carbocycles. The molecule has 2 heterocycles. The zero-order valence-corrected chi connectivity index (χ0v) is 19.2. The third-order valence-corrected chi connectivity index (χ3v) is 7.02. The largest absolute Gasteiger partial charge is 0.340 e. The molecule has 10 heteroatoms. The maximum absolute atomic E-state index is 13.5. The van der Waals surface area contributed by atoms with E-state index in [0.717, 1.165) is 25.7 Å². The van der Waals surface area contributed by atoms with E-state index in [2.05, 4.69) is 15.0 Å². The summed E-state index contributed by atoms with van der Waals surface area (Å²) in [4.78, 5) is 51.5. The molecule has 2 aliphatic rings. The standard InChI is InChI=1S/C23H24FN5O3S/c1-12(22(31)28(2)11-13-4-3-5-15(24)10-13)33-21-17-19(25-18(26-21)14-6-7-14)29(16-8-9-16)23(32)27-20(17)30/h3-5,10,12,14,16H,6-9,11H2,1-2H3,(H,27,30,32)/t12-/m0/s1. The smallest absolute Gasteiger partial charge is 0.330 e. The molecule has 3 aromatic rings. The molecule has 0 spiro atoms. The van der Waals surface area contributed by atoms with Crippen LogP contribution in [0, 0.1) is 5.82 Å². The number of amides is 1. The van der Waals surface area contributed by atoms with Crippen molar-refractivity contribution in [3.63, 3.8) is 0 Å². The van der Waals surface area contributed by atoms with E-state index in [0.29, 0.717) is 22.1 Å². The predicted molar refractivity (Wildman–Crippen MR) is 123 cm³/mol. The fourth-order valence-electron chi connectivity index (χ4n) is 3.93. The molecule has 1 atom stereocenters. The third-order valence-electron chi connectivity index (χ3n) is 5.94. The summed E-state index contributed by atoms with van der Waals surface area (Å²) in [5.41, 5.74) is 0.0599. The Labute approximate surface area is 193 Å². The first kappa shape index (κ1) is 21.8. The number of rotatable bonds is 7. The molecule has 0 radical (unpaired) electrons. The van der Waals surface area contributed by atoms with Crippen molar-refractivity contribution in [1.82, 2.24) is 24.4 Å². The van der Waals surface area contributed by atoms with Crippen LogP contribution in [0.3, 0.4) is 0 Å². The summed E-state index contributed by atoms with van der Waals surface area (Å²) in [7, 11) is 1.66. The number of nitrogens with zero attached hydrogens (tertiary/aromatic N) is 4. The van der Waals surface area contributed by atoms with Crippen LogP contribution < -0.4 is 11.2 Å². The predicted octanol–water partition coefficient (Wildman–Crippen LogP) is 2.97. The highest BCUT2D eigenvalue weighted by Crippen LogP contribution is 2.41. The van der Waals surface area contributed by atoms with Crippen molar-refractivity contribution in [3.8, 4) is 0 Å². The molecule has 2 aliphatic carbocycles. The minimum absolute atomic E-state index is 0.0353. The Morgan fingerprint density at radius 1 is 1.27 bits per heavy atom. The van der Waals surface area contributed by atoms with Crippen LogP contribution in [0.5, 0.6) is 0 Å². The van der Waals surface area contributed by atoms with E-state index >= 15 is 0 Å². The number of H-pyrrole nitrogens is 1. The van der Waals surface area contributed by atoms with Gasteiger partial charge in [0.05, 0.1) is 5.25 Å². The SMILES string of the molecule is C[C@H](Sc1nc(C2CC2)nc2c1c(=O)[nH]c(=O)n2C1CC1)C(=O)N(C)Cc1cccc(F)c1. The van der Waals surface area contributed by atoms with Crippen molar-refractivity contribution >= 4 is 28.7 Å². The average molecular weight is 470 g/mol. The molecule has 2 saturated carbocycles. The molecule has 1 N–H and O–H groups in total. The number of carbonyl (C=O) groups is 1. The molecule has 5 rings (SSSR count). The van der Waals surface area contributed by atoms with Crippen LogP contribution in [0.2, 0.25) is 0 Å². The number of benzene rings is 1. The number of aromatic amines is 1. The zero-order valence-electron chi connectivity index (χ0n) is 18.4. The molecule has 0 unspecified atom stereocenters. The Bertz CT molecular complexity index is 1360. The van der Waals surface area contributed by atoms with Crippen LogP contribution in [0.1, 0.15) is 56.0 Å². The molecule has 0 bridgehead atoms. The monoisotopic (exact) mass is 469 g/mol. The van der Waals surface area contributed by atoms with Crippen LogP contribution in [0.4, 0.5) is 4.39 Å². The number of fused-ring (bicyclic) bond motifs is 1. The number of thioether (sulfide) groups is 1. The lowest BCUT2D eigenvalue weighted by atomic mass is 10.2. The van der Waals surface area contributed by atoms with Crippen LogP contribution in [-0.2, 0) is 11.3 Å². The Morgan fingerprint density at radius 3 is 2.70 bits per heavy atom. The maximum Gasteiger partial charge on any atom is 0.330 e. The first-order chi connectivity index (χ1) is 15.8. The summed E-state index contributed by atoms with van der Waals surface area (Å²) in [5.74, 6) is 0.322. The first-order valence-electron chi connectivity index (χ1n) is 11.0. The van der Waals surface area contributed by atoms with Gasteiger partial charge in [0.15, 0.2) is 5.65 Å². The molecular weight excluding hydrogens is 445 g/mol. The Morgan fingerprint density at radius 2 is 2.03 bits per heavy atom. The van der Waals surface area contributed by atoms with Crippen LogP contribution in [0.15, 0.2) is 38.9 Å². The average Bonchev–Trinajstić information content (AvgIpc) is 3.66. The topological polar surface area (TPSA) is 101 Å². The number of nitrogens with one attached hydrogen (secondary N) is 1. The molecular formula is C23H24FN5O3S. The van der Waals surface area contributed by atoms with Crippen LogP contribution in [0.25, 0.3) is 11.0 Å². The molecule has 1 amide bonds. The summed E-state index contributed by atoms with van der Waals surface area (Å²) in [5, 5.41) is 0.121. The first-order valence-corrected chi connectivity index (χ1v) is 11.9. The maximum atomic E-state index is 13.5. The van der Waals surface area contributed by atoms with Gasteiger partial charge in [-0.05, 0) is 50.3 Å². The number of aromatic nitrogens is 4.